The van der Waals surface area contributed by atoms with E-state index in [0.29, 0.717) is 32.3 Å². The molecule has 3 heterocycles. The standard InChI is InChI=1S/C17H27N3O2S/c1-2-14-13-20(9-10-22-14)17(21)18-12-15(16-6-5-11-23-16)19-7-3-4-8-19/h5-6,11,14-15H,2-4,7-10,12-13H2,1H3,(H,18,21). The number of likely N-dealkylation sites (tertiary alicyclic amines) is 1. The van der Waals surface area contributed by atoms with Crippen LogP contribution in [0.3, 0.4) is 0 Å². The first-order chi connectivity index (χ1) is 11.3. The van der Waals surface area contributed by atoms with Gasteiger partial charge in [0, 0.05) is 24.5 Å². The molecule has 2 aliphatic rings. The van der Waals surface area contributed by atoms with Gasteiger partial charge in [0.25, 0.3) is 0 Å². The molecule has 0 aromatic carbocycles. The third kappa shape index (κ3) is 4.25. The highest BCUT2D eigenvalue weighted by Gasteiger charge is 2.27. The van der Waals surface area contributed by atoms with Gasteiger partial charge in [0.15, 0.2) is 0 Å². The summed E-state index contributed by atoms with van der Waals surface area (Å²) in [5, 5.41) is 5.28. The van der Waals surface area contributed by atoms with E-state index in [1.54, 1.807) is 11.3 Å². The van der Waals surface area contributed by atoms with Gasteiger partial charge in [-0.25, -0.2) is 4.79 Å². The Morgan fingerprint density at radius 1 is 1.43 bits per heavy atom. The Bertz CT molecular complexity index is 488. The summed E-state index contributed by atoms with van der Waals surface area (Å²) in [5.74, 6) is 0. The Morgan fingerprint density at radius 2 is 2.26 bits per heavy atom. The Kier molecular flexibility index (Phi) is 5.91. The monoisotopic (exact) mass is 337 g/mol. The number of ether oxygens (including phenoxy) is 1. The summed E-state index contributed by atoms with van der Waals surface area (Å²) in [6.45, 7) is 7.10. The first kappa shape index (κ1) is 16.7. The van der Waals surface area contributed by atoms with Crippen LogP contribution in [0.2, 0.25) is 0 Å². The van der Waals surface area contributed by atoms with Crippen LogP contribution >= 0.6 is 11.3 Å². The first-order valence-corrected chi connectivity index (χ1v) is 9.57. The molecule has 5 nitrogen and oxygen atoms in total. The van der Waals surface area contributed by atoms with Crippen molar-refractivity contribution in [3.63, 3.8) is 0 Å². The highest BCUT2D eigenvalue weighted by molar-refractivity contribution is 7.10. The van der Waals surface area contributed by atoms with Gasteiger partial charge in [0.2, 0.25) is 0 Å². The Labute approximate surface area is 142 Å². The number of thiophene rings is 1. The van der Waals surface area contributed by atoms with Gasteiger partial charge in [0.05, 0.1) is 18.8 Å². The van der Waals surface area contributed by atoms with Gasteiger partial charge in [-0.15, -0.1) is 11.3 Å². The van der Waals surface area contributed by atoms with Gasteiger partial charge in [-0.2, -0.15) is 0 Å². The molecule has 0 radical (unpaired) electrons. The van der Waals surface area contributed by atoms with Crippen molar-refractivity contribution in [3.05, 3.63) is 22.4 Å². The molecule has 1 aromatic rings. The molecule has 0 bridgehead atoms. The summed E-state index contributed by atoms with van der Waals surface area (Å²) in [4.78, 5) is 18.2. The molecule has 0 spiro atoms. The normalized spacial score (nSPS) is 23.9. The average molecular weight is 337 g/mol. The highest BCUT2D eigenvalue weighted by atomic mass is 32.1. The van der Waals surface area contributed by atoms with Crippen LogP contribution < -0.4 is 5.32 Å². The lowest BCUT2D eigenvalue weighted by Gasteiger charge is -2.33. The van der Waals surface area contributed by atoms with Crippen LogP contribution in [0, 0.1) is 0 Å². The molecule has 3 rings (SSSR count). The molecule has 128 valence electrons. The van der Waals surface area contributed by atoms with Crippen molar-refractivity contribution in [2.24, 2.45) is 0 Å². The van der Waals surface area contributed by atoms with Gasteiger partial charge >= 0.3 is 6.03 Å². The van der Waals surface area contributed by atoms with Gasteiger partial charge < -0.3 is 15.0 Å². The second-order valence-electron chi connectivity index (χ2n) is 6.31. The maximum absolute atomic E-state index is 12.5. The second-order valence-corrected chi connectivity index (χ2v) is 7.29. The van der Waals surface area contributed by atoms with Crippen molar-refractivity contribution in [1.29, 1.82) is 0 Å². The van der Waals surface area contributed by atoms with Gasteiger partial charge in [-0.05, 0) is 43.8 Å². The molecule has 2 amide bonds. The largest absolute Gasteiger partial charge is 0.375 e. The zero-order chi connectivity index (χ0) is 16.1. The van der Waals surface area contributed by atoms with Crippen molar-refractivity contribution in [2.75, 3.05) is 39.3 Å². The molecule has 2 atom stereocenters. The highest BCUT2D eigenvalue weighted by Crippen LogP contribution is 2.27. The molecule has 2 aliphatic heterocycles. The van der Waals surface area contributed by atoms with Crippen LogP contribution in [0.5, 0.6) is 0 Å². The fourth-order valence-electron chi connectivity index (χ4n) is 3.39. The van der Waals surface area contributed by atoms with Gasteiger partial charge in [0.1, 0.15) is 0 Å². The van der Waals surface area contributed by atoms with Crippen molar-refractivity contribution in [1.82, 2.24) is 15.1 Å². The molecule has 2 unspecified atom stereocenters. The number of carbonyl (C=O) groups is 1. The zero-order valence-corrected chi connectivity index (χ0v) is 14.7. The molecule has 1 N–H and O–H groups in total. The molecule has 23 heavy (non-hydrogen) atoms. The van der Waals surface area contributed by atoms with E-state index in [1.165, 1.54) is 17.7 Å². The lowest BCUT2D eigenvalue weighted by atomic mass is 10.2. The average Bonchev–Trinajstić information content (AvgIpc) is 3.29. The first-order valence-electron chi connectivity index (χ1n) is 8.69. The molecule has 2 saturated heterocycles. The number of urea groups is 1. The van der Waals surface area contributed by atoms with Crippen molar-refractivity contribution < 1.29 is 9.53 Å². The van der Waals surface area contributed by atoms with Crippen molar-refractivity contribution >= 4 is 17.4 Å². The number of nitrogens with zero attached hydrogens (tertiary/aromatic N) is 2. The van der Waals surface area contributed by atoms with Gasteiger partial charge in [-0.3, -0.25) is 4.90 Å². The number of amides is 2. The van der Waals surface area contributed by atoms with Crippen molar-refractivity contribution in [2.45, 2.75) is 38.3 Å². The molecule has 2 fully saturated rings. The Morgan fingerprint density at radius 3 is 2.96 bits per heavy atom. The number of carbonyl (C=O) groups excluding carboxylic acids is 1. The lowest BCUT2D eigenvalue weighted by Crippen LogP contribution is -2.50. The lowest BCUT2D eigenvalue weighted by molar-refractivity contribution is -0.0155. The smallest absolute Gasteiger partial charge is 0.317 e. The van der Waals surface area contributed by atoms with E-state index >= 15 is 0 Å². The quantitative estimate of drug-likeness (QED) is 0.898. The van der Waals surface area contributed by atoms with Crippen LogP contribution in [0.1, 0.15) is 37.1 Å². The third-order valence-electron chi connectivity index (χ3n) is 4.78. The molecular weight excluding hydrogens is 310 g/mol. The van der Waals surface area contributed by atoms with E-state index in [2.05, 4.69) is 34.7 Å². The fourth-order valence-corrected chi connectivity index (χ4v) is 4.25. The fraction of sp³-hybridized carbons (Fsp3) is 0.706. The SMILES string of the molecule is CCC1CN(C(=O)NCC(c2cccs2)N2CCCC2)CCO1. The topological polar surface area (TPSA) is 44.8 Å². The number of morpholine rings is 1. The summed E-state index contributed by atoms with van der Waals surface area (Å²) in [5.41, 5.74) is 0. The summed E-state index contributed by atoms with van der Waals surface area (Å²) in [7, 11) is 0. The summed E-state index contributed by atoms with van der Waals surface area (Å²) >= 11 is 1.78. The van der Waals surface area contributed by atoms with Crippen LogP contribution in [-0.2, 0) is 4.74 Å². The maximum atomic E-state index is 12.5. The van der Waals surface area contributed by atoms with E-state index in [9.17, 15) is 4.79 Å². The molecular formula is C17H27N3O2S. The minimum atomic E-state index is 0.0486. The number of rotatable bonds is 5. The molecule has 0 aliphatic carbocycles. The number of hydrogen-bond donors (Lipinski definition) is 1. The summed E-state index contributed by atoms with van der Waals surface area (Å²) in [6.07, 6.45) is 3.66. The maximum Gasteiger partial charge on any atom is 0.317 e. The second kappa shape index (κ2) is 8.13. The van der Waals surface area contributed by atoms with Crippen LogP contribution in [0.25, 0.3) is 0 Å². The molecule has 6 heteroatoms. The predicted molar refractivity (Wildman–Crippen MR) is 92.9 cm³/mol. The number of nitrogens with one attached hydrogen (secondary N) is 1. The summed E-state index contributed by atoms with van der Waals surface area (Å²) in [6, 6.07) is 4.64. The van der Waals surface area contributed by atoms with Crippen LogP contribution in [-0.4, -0.2) is 61.3 Å². The van der Waals surface area contributed by atoms with E-state index in [1.807, 2.05) is 4.90 Å². The van der Waals surface area contributed by atoms with E-state index in [0.717, 1.165) is 19.5 Å². The predicted octanol–water partition coefficient (Wildman–Crippen LogP) is 2.71. The third-order valence-corrected chi connectivity index (χ3v) is 5.75. The molecule has 0 saturated carbocycles. The minimum Gasteiger partial charge on any atom is -0.375 e. The van der Waals surface area contributed by atoms with E-state index < -0.39 is 0 Å². The van der Waals surface area contributed by atoms with Gasteiger partial charge in [-0.1, -0.05) is 13.0 Å². The minimum absolute atomic E-state index is 0.0486. The Balaban J connectivity index is 1.56. The van der Waals surface area contributed by atoms with Crippen LogP contribution in [0.4, 0.5) is 4.79 Å². The summed E-state index contributed by atoms with van der Waals surface area (Å²) < 4.78 is 5.65. The van der Waals surface area contributed by atoms with E-state index in [4.69, 9.17) is 4.74 Å². The number of hydrogen-bond acceptors (Lipinski definition) is 4. The Hall–Kier alpha value is -1.11. The van der Waals surface area contributed by atoms with E-state index in [-0.39, 0.29) is 12.1 Å². The molecule has 1 aromatic heterocycles. The zero-order valence-electron chi connectivity index (χ0n) is 13.9. The van der Waals surface area contributed by atoms with Crippen molar-refractivity contribution in [3.8, 4) is 0 Å². The van der Waals surface area contributed by atoms with Crippen LogP contribution in [0.15, 0.2) is 17.5 Å².